The Bertz CT molecular complexity index is 708. The van der Waals surface area contributed by atoms with Crippen LogP contribution in [0, 0.1) is 11.3 Å². The molecule has 1 aromatic carbocycles. The summed E-state index contributed by atoms with van der Waals surface area (Å²) in [6.07, 6.45) is 13.5. The fraction of sp³-hybridized carbons (Fsp3) is 0.750. The number of hydrogen-bond acceptors (Lipinski definition) is 3. The van der Waals surface area contributed by atoms with Gasteiger partial charge in [-0.15, -0.1) is 0 Å². The van der Waals surface area contributed by atoms with E-state index in [2.05, 4.69) is 49.9 Å². The van der Waals surface area contributed by atoms with Gasteiger partial charge in [-0.1, -0.05) is 52.2 Å². The number of benzene rings is 1. The number of nitrogens with zero attached hydrogens (tertiary/aromatic N) is 1. The topological polar surface area (TPSA) is 70.0 Å². The third-order valence-electron chi connectivity index (χ3n) is 8.10. The van der Waals surface area contributed by atoms with Gasteiger partial charge in [-0.05, 0) is 92.9 Å². The van der Waals surface area contributed by atoms with Gasteiger partial charge >= 0.3 is 6.16 Å². The molecule has 2 saturated carbocycles. The number of carboxylic acid groups (broad SMARTS) is 2. The highest BCUT2D eigenvalue weighted by atomic mass is 16.6. The van der Waals surface area contributed by atoms with Crippen LogP contribution in [0.2, 0.25) is 0 Å². The molecule has 0 amide bonds. The predicted octanol–water partition coefficient (Wildman–Crippen LogP) is 7.40. The van der Waals surface area contributed by atoms with E-state index >= 15 is 0 Å². The zero-order valence-corrected chi connectivity index (χ0v) is 21.0. The molecule has 5 nitrogen and oxygen atoms in total. The lowest BCUT2D eigenvalue weighted by molar-refractivity contribution is 0.0881. The van der Waals surface area contributed by atoms with Gasteiger partial charge in [0.05, 0.1) is 6.10 Å². The average Bonchev–Trinajstić information content (AvgIpc) is 2.80. The Balaban J connectivity index is 0.000000709. The van der Waals surface area contributed by atoms with E-state index in [1.54, 1.807) is 0 Å². The molecule has 1 heterocycles. The lowest BCUT2D eigenvalue weighted by atomic mass is 9.72. The maximum Gasteiger partial charge on any atom is 0.503 e. The first kappa shape index (κ1) is 25.9. The van der Waals surface area contributed by atoms with E-state index in [4.69, 9.17) is 19.7 Å². The van der Waals surface area contributed by atoms with Crippen LogP contribution in [-0.4, -0.2) is 46.5 Å². The van der Waals surface area contributed by atoms with Gasteiger partial charge in [0.2, 0.25) is 0 Å². The second-order valence-electron chi connectivity index (χ2n) is 11.4. The third kappa shape index (κ3) is 8.20. The van der Waals surface area contributed by atoms with E-state index in [1.165, 1.54) is 89.3 Å². The zero-order chi connectivity index (χ0) is 23.8. The summed E-state index contributed by atoms with van der Waals surface area (Å²) >= 11 is 0. The summed E-state index contributed by atoms with van der Waals surface area (Å²) in [6, 6.07) is 10.0. The van der Waals surface area contributed by atoms with Crippen LogP contribution in [0.4, 0.5) is 4.79 Å². The number of rotatable bonds is 4. The second-order valence-corrected chi connectivity index (χ2v) is 11.4. The van der Waals surface area contributed by atoms with Crippen molar-refractivity contribution in [3.8, 4) is 5.75 Å². The van der Waals surface area contributed by atoms with E-state index < -0.39 is 6.16 Å². The van der Waals surface area contributed by atoms with E-state index in [0.717, 1.165) is 17.7 Å². The van der Waals surface area contributed by atoms with Crippen molar-refractivity contribution in [3.63, 3.8) is 0 Å². The van der Waals surface area contributed by atoms with E-state index in [9.17, 15) is 0 Å². The highest BCUT2D eigenvalue weighted by Gasteiger charge is 2.31. The van der Waals surface area contributed by atoms with Crippen LogP contribution in [0.1, 0.15) is 103 Å². The highest BCUT2D eigenvalue weighted by Crippen LogP contribution is 2.39. The van der Waals surface area contributed by atoms with Crippen molar-refractivity contribution in [1.82, 2.24) is 4.90 Å². The molecular formula is C28H45NO4. The monoisotopic (exact) mass is 459 g/mol. The van der Waals surface area contributed by atoms with Crippen molar-refractivity contribution in [2.24, 2.45) is 11.3 Å². The largest absolute Gasteiger partial charge is 0.503 e. The molecule has 0 aromatic heterocycles. The molecule has 0 bridgehead atoms. The van der Waals surface area contributed by atoms with Crippen molar-refractivity contribution in [2.75, 3.05) is 13.1 Å². The molecule has 1 saturated heterocycles. The maximum absolute atomic E-state index is 8.56. The summed E-state index contributed by atoms with van der Waals surface area (Å²) in [7, 11) is 0. The average molecular weight is 460 g/mol. The Morgan fingerprint density at radius 2 is 1.48 bits per heavy atom. The van der Waals surface area contributed by atoms with Crippen LogP contribution < -0.4 is 4.74 Å². The molecule has 0 radical (unpaired) electrons. The summed E-state index contributed by atoms with van der Waals surface area (Å²) in [4.78, 5) is 11.4. The standard InChI is InChI=1S/C27H43NO.CH2O3/c1-27(2,3)23-13-17-26(18-14-23)29-25-15-11-21(12-16-25)22-8-7-19-28(20-22)24-9-5-4-6-10-24;2-1(3)4/h11-12,15-16,22-24,26H,4-10,13-14,17-20H2,1-3H3;(H2,2,3,4). The van der Waals surface area contributed by atoms with Gasteiger partial charge in [0.15, 0.2) is 0 Å². The lowest BCUT2D eigenvalue weighted by Gasteiger charge is -2.40. The number of piperidine rings is 1. The molecule has 2 N–H and O–H groups in total. The van der Waals surface area contributed by atoms with Crippen LogP contribution in [0.3, 0.4) is 0 Å². The van der Waals surface area contributed by atoms with Crippen molar-refractivity contribution >= 4 is 6.16 Å². The van der Waals surface area contributed by atoms with Crippen molar-refractivity contribution < 1.29 is 19.7 Å². The predicted molar refractivity (Wildman–Crippen MR) is 133 cm³/mol. The van der Waals surface area contributed by atoms with E-state index in [1.807, 2.05) is 0 Å². The maximum atomic E-state index is 8.56. The van der Waals surface area contributed by atoms with Gasteiger partial charge in [0, 0.05) is 12.6 Å². The molecule has 0 spiro atoms. The SMILES string of the molecule is CC(C)(C)C1CCC(Oc2ccc(C3CCCN(C4CCCCC4)C3)cc2)CC1.O=C(O)O. The zero-order valence-electron chi connectivity index (χ0n) is 21.0. The minimum Gasteiger partial charge on any atom is -0.490 e. The second kappa shape index (κ2) is 12.1. The molecule has 1 aromatic rings. The normalized spacial score (nSPS) is 27.3. The summed E-state index contributed by atoms with van der Waals surface area (Å²) in [5.41, 5.74) is 1.97. The molecule has 5 heteroatoms. The summed E-state index contributed by atoms with van der Waals surface area (Å²) in [5, 5.41) is 13.9. The van der Waals surface area contributed by atoms with Gasteiger partial charge in [0.1, 0.15) is 5.75 Å². The molecule has 4 rings (SSSR count). The Kier molecular flexibility index (Phi) is 9.48. The molecule has 186 valence electrons. The van der Waals surface area contributed by atoms with Gasteiger partial charge < -0.3 is 14.9 Å². The van der Waals surface area contributed by atoms with E-state index in [0.29, 0.717) is 17.4 Å². The van der Waals surface area contributed by atoms with Gasteiger partial charge in [-0.2, -0.15) is 0 Å². The minimum atomic E-state index is -1.83. The fourth-order valence-corrected chi connectivity index (χ4v) is 6.11. The molecule has 1 unspecified atom stereocenters. The third-order valence-corrected chi connectivity index (χ3v) is 8.10. The number of likely N-dealkylation sites (tertiary alicyclic amines) is 1. The Morgan fingerprint density at radius 1 is 0.879 bits per heavy atom. The number of hydrogen-bond donors (Lipinski definition) is 2. The van der Waals surface area contributed by atoms with Crippen molar-refractivity contribution in [2.45, 2.75) is 109 Å². The van der Waals surface area contributed by atoms with Crippen LogP contribution in [-0.2, 0) is 0 Å². The lowest BCUT2D eigenvalue weighted by Crippen LogP contribution is -2.42. The summed E-state index contributed by atoms with van der Waals surface area (Å²) in [6.45, 7) is 9.75. The van der Waals surface area contributed by atoms with Crippen LogP contribution in [0.25, 0.3) is 0 Å². The fourth-order valence-electron chi connectivity index (χ4n) is 6.11. The molecule has 1 atom stereocenters. The Labute approximate surface area is 200 Å². The van der Waals surface area contributed by atoms with Crippen molar-refractivity contribution in [3.05, 3.63) is 29.8 Å². The molecule has 1 aliphatic heterocycles. The van der Waals surface area contributed by atoms with Crippen LogP contribution in [0.15, 0.2) is 24.3 Å². The molecule has 33 heavy (non-hydrogen) atoms. The number of ether oxygens (including phenoxy) is 1. The molecule has 2 aliphatic carbocycles. The van der Waals surface area contributed by atoms with Crippen LogP contribution in [0.5, 0.6) is 5.75 Å². The Hall–Kier alpha value is -1.75. The van der Waals surface area contributed by atoms with Crippen LogP contribution >= 0.6 is 0 Å². The first-order valence-corrected chi connectivity index (χ1v) is 13.1. The van der Waals surface area contributed by atoms with Gasteiger partial charge in [-0.3, -0.25) is 4.90 Å². The molecule has 3 fully saturated rings. The number of carbonyl (C=O) groups is 1. The Morgan fingerprint density at radius 3 is 2.06 bits per heavy atom. The minimum absolute atomic E-state index is 0.413. The smallest absolute Gasteiger partial charge is 0.490 e. The molecule has 3 aliphatic rings. The summed E-state index contributed by atoms with van der Waals surface area (Å²) in [5.74, 6) is 2.64. The first-order chi connectivity index (χ1) is 15.7. The van der Waals surface area contributed by atoms with Crippen molar-refractivity contribution in [1.29, 1.82) is 0 Å². The summed E-state index contributed by atoms with van der Waals surface area (Å²) < 4.78 is 6.36. The molecular weight excluding hydrogens is 414 g/mol. The quantitative estimate of drug-likeness (QED) is 0.491. The first-order valence-electron chi connectivity index (χ1n) is 13.1. The highest BCUT2D eigenvalue weighted by molar-refractivity contribution is 5.53. The van der Waals surface area contributed by atoms with Gasteiger partial charge in [0.25, 0.3) is 0 Å². The van der Waals surface area contributed by atoms with E-state index in [-0.39, 0.29) is 0 Å². The van der Waals surface area contributed by atoms with Gasteiger partial charge in [-0.25, -0.2) is 4.79 Å².